The first-order valence-electron chi connectivity index (χ1n) is 5.03. The quantitative estimate of drug-likeness (QED) is 0.566. The van der Waals surface area contributed by atoms with Crippen molar-refractivity contribution in [1.82, 2.24) is 4.90 Å². The van der Waals surface area contributed by atoms with E-state index in [4.69, 9.17) is 11.6 Å². The number of rotatable bonds is 6. The zero-order valence-corrected chi connectivity index (χ0v) is 9.73. The van der Waals surface area contributed by atoms with Gasteiger partial charge in [-0.15, -0.1) is 11.6 Å². The molecule has 0 saturated heterocycles. The highest BCUT2D eigenvalue weighted by molar-refractivity contribution is 6.18. The van der Waals surface area contributed by atoms with Crippen LogP contribution >= 0.6 is 11.6 Å². The van der Waals surface area contributed by atoms with Gasteiger partial charge in [0.25, 0.3) is 6.43 Å². The van der Waals surface area contributed by atoms with E-state index in [2.05, 4.69) is 0 Å². The minimum absolute atomic E-state index is 0.0516. The number of nitrogens with zero attached hydrogens (tertiary/aromatic N) is 1. The third kappa shape index (κ3) is 4.91. The molecule has 0 amide bonds. The van der Waals surface area contributed by atoms with Gasteiger partial charge in [-0.25, -0.2) is 17.6 Å². The van der Waals surface area contributed by atoms with Gasteiger partial charge in [-0.05, 0) is 18.2 Å². The Hall–Kier alpha value is -0.810. The minimum Gasteiger partial charge on any atom is -0.292 e. The molecule has 1 aromatic rings. The van der Waals surface area contributed by atoms with Crippen LogP contribution in [-0.2, 0) is 6.54 Å². The first-order valence-corrected chi connectivity index (χ1v) is 5.56. The summed E-state index contributed by atoms with van der Waals surface area (Å²) in [4.78, 5) is 1.29. The van der Waals surface area contributed by atoms with Gasteiger partial charge in [-0.3, -0.25) is 4.90 Å². The third-order valence-electron chi connectivity index (χ3n) is 2.20. The lowest BCUT2D eigenvalue weighted by Crippen LogP contribution is -2.30. The van der Waals surface area contributed by atoms with Gasteiger partial charge in [0.2, 0.25) is 0 Å². The van der Waals surface area contributed by atoms with Gasteiger partial charge in [0, 0.05) is 24.5 Å². The third-order valence-corrected chi connectivity index (χ3v) is 2.37. The molecule has 1 nitrogen and oxygen atoms in total. The van der Waals surface area contributed by atoms with Crippen LogP contribution < -0.4 is 0 Å². The average molecular weight is 270 g/mol. The second-order valence-electron chi connectivity index (χ2n) is 3.55. The van der Waals surface area contributed by atoms with Crippen molar-refractivity contribution in [2.45, 2.75) is 13.0 Å². The van der Waals surface area contributed by atoms with Crippen LogP contribution in [-0.4, -0.2) is 30.3 Å². The minimum atomic E-state index is -2.53. The first kappa shape index (κ1) is 14.3. The van der Waals surface area contributed by atoms with Crippen molar-refractivity contribution < 1.29 is 17.6 Å². The fourth-order valence-electron chi connectivity index (χ4n) is 1.45. The fraction of sp³-hybridized carbons (Fsp3) is 0.455. The van der Waals surface area contributed by atoms with E-state index in [1.54, 1.807) is 0 Å². The standard InChI is InChI=1S/C11H12ClF4N/c12-3-4-17(7-11(15)16)6-8-5-9(13)1-2-10(8)14/h1-2,5,11H,3-4,6-7H2. The van der Waals surface area contributed by atoms with Crippen LogP contribution in [0.25, 0.3) is 0 Å². The van der Waals surface area contributed by atoms with Gasteiger partial charge in [0.15, 0.2) is 0 Å². The zero-order chi connectivity index (χ0) is 12.8. The number of benzene rings is 1. The van der Waals surface area contributed by atoms with Gasteiger partial charge in [-0.2, -0.15) is 0 Å². The van der Waals surface area contributed by atoms with Crippen molar-refractivity contribution in [3.8, 4) is 0 Å². The topological polar surface area (TPSA) is 3.24 Å². The molecule has 0 atom stereocenters. The fourth-order valence-corrected chi connectivity index (χ4v) is 1.69. The van der Waals surface area contributed by atoms with E-state index >= 15 is 0 Å². The van der Waals surface area contributed by atoms with E-state index in [0.29, 0.717) is 0 Å². The SMILES string of the molecule is Fc1ccc(F)c(CN(CCCl)CC(F)F)c1. The van der Waals surface area contributed by atoms with Crippen molar-refractivity contribution >= 4 is 11.6 Å². The van der Waals surface area contributed by atoms with Crippen LogP contribution in [0.4, 0.5) is 17.6 Å². The smallest absolute Gasteiger partial charge is 0.251 e. The Balaban J connectivity index is 2.74. The molecule has 0 N–H and O–H groups in total. The van der Waals surface area contributed by atoms with Crippen LogP contribution in [0.5, 0.6) is 0 Å². The van der Waals surface area contributed by atoms with Crippen molar-refractivity contribution in [1.29, 1.82) is 0 Å². The molecule has 0 heterocycles. The van der Waals surface area contributed by atoms with Gasteiger partial charge >= 0.3 is 0 Å². The molecule has 0 unspecified atom stereocenters. The summed E-state index contributed by atoms with van der Waals surface area (Å²) in [5, 5.41) is 0. The lowest BCUT2D eigenvalue weighted by molar-refractivity contribution is 0.0873. The lowest BCUT2D eigenvalue weighted by atomic mass is 10.2. The van der Waals surface area contributed by atoms with Gasteiger partial charge < -0.3 is 0 Å². The predicted octanol–water partition coefficient (Wildman–Crippen LogP) is 3.27. The number of halogens is 5. The summed E-state index contributed by atoms with van der Waals surface area (Å²) >= 11 is 5.46. The number of alkyl halides is 3. The molecular formula is C11H12ClF4N. The highest BCUT2D eigenvalue weighted by atomic mass is 35.5. The largest absolute Gasteiger partial charge is 0.292 e. The Kier molecular flexibility index (Phi) is 5.71. The molecule has 0 radical (unpaired) electrons. The lowest BCUT2D eigenvalue weighted by Gasteiger charge is -2.20. The highest BCUT2D eigenvalue weighted by Crippen LogP contribution is 2.13. The summed E-state index contributed by atoms with van der Waals surface area (Å²) in [5.74, 6) is -1.05. The Bertz CT molecular complexity index is 359. The molecule has 0 aromatic heterocycles. The molecule has 0 aliphatic carbocycles. The van der Waals surface area contributed by atoms with Crippen LogP contribution in [0.15, 0.2) is 18.2 Å². The van der Waals surface area contributed by atoms with Crippen molar-refractivity contribution in [2.24, 2.45) is 0 Å². The molecule has 0 aliphatic heterocycles. The molecule has 96 valence electrons. The molecule has 6 heteroatoms. The average Bonchev–Trinajstić information content (AvgIpc) is 2.23. The Morgan fingerprint density at radius 2 is 1.94 bits per heavy atom. The van der Waals surface area contributed by atoms with Gasteiger partial charge in [0.1, 0.15) is 11.6 Å². The zero-order valence-electron chi connectivity index (χ0n) is 8.97. The van der Waals surface area contributed by atoms with Gasteiger partial charge in [-0.1, -0.05) is 0 Å². The molecule has 0 saturated carbocycles. The maximum Gasteiger partial charge on any atom is 0.251 e. The summed E-state index contributed by atoms with van der Waals surface area (Å²) in [6.45, 7) is -0.398. The van der Waals surface area contributed by atoms with E-state index in [1.807, 2.05) is 0 Å². The van der Waals surface area contributed by atoms with Crippen molar-refractivity contribution in [3.05, 3.63) is 35.4 Å². The summed E-state index contributed by atoms with van der Waals surface area (Å²) in [5.41, 5.74) is 0.0516. The highest BCUT2D eigenvalue weighted by Gasteiger charge is 2.14. The monoisotopic (exact) mass is 269 g/mol. The van der Waals surface area contributed by atoms with Crippen LogP contribution in [0.2, 0.25) is 0 Å². The number of hydrogen-bond donors (Lipinski definition) is 0. The molecule has 1 aromatic carbocycles. The molecule has 17 heavy (non-hydrogen) atoms. The molecule has 0 fully saturated rings. The second-order valence-corrected chi connectivity index (χ2v) is 3.93. The van der Waals surface area contributed by atoms with Gasteiger partial charge in [0.05, 0.1) is 6.54 Å². The molecule has 1 rings (SSSR count). The summed E-state index contributed by atoms with van der Waals surface area (Å²) in [6, 6.07) is 2.96. The van der Waals surface area contributed by atoms with Crippen molar-refractivity contribution in [2.75, 3.05) is 19.0 Å². The van der Waals surface area contributed by atoms with E-state index in [1.165, 1.54) is 4.90 Å². The van der Waals surface area contributed by atoms with E-state index in [0.717, 1.165) is 18.2 Å². The number of hydrogen-bond acceptors (Lipinski definition) is 1. The Morgan fingerprint density at radius 3 is 2.53 bits per heavy atom. The maximum atomic E-state index is 13.3. The summed E-state index contributed by atoms with van der Waals surface area (Å²) < 4.78 is 50.7. The van der Waals surface area contributed by atoms with Crippen LogP contribution in [0, 0.1) is 11.6 Å². The Labute approximate surface area is 102 Å². The van der Waals surface area contributed by atoms with E-state index in [-0.39, 0.29) is 24.5 Å². The summed E-state index contributed by atoms with van der Waals surface area (Å²) in [6.07, 6.45) is -2.53. The Morgan fingerprint density at radius 1 is 1.24 bits per heavy atom. The van der Waals surface area contributed by atoms with Crippen LogP contribution in [0.3, 0.4) is 0 Å². The normalized spacial score (nSPS) is 11.5. The van der Waals surface area contributed by atoms with E-state index < -0.39 is 24.6 Å². The maximum absolute atomic E-state index is 13.3. The van der Waals surface area contributed by atoms with Crippen molar-refractivity contribution in [3.63, 3.8) is 0 Å². The molecular weight excluding hydrogens is 258 g/mol. The molecule has 0 aliphatic rings. The van der Waals surface area contributed by atoms with Crippen LogP contribution in [0.1, 0.15) is 5.56 Å². The first-order chi connectivity index (χ1) is 8.02. The molecule has 0 spiro atoms. The van der Waals surface area contributed by atoms with E-state index in [9.17, 15) is 17.6 Å². The molecule has 0 bridgehead atoms. The summed E-state index contributed by atoms with van der Waals surface area (Å²) in [7, 11) is 0. The predicted molar refractivity (Wildman–Crippen MR) is 58.4 cm³/mol. The second kappa shape index (κ2) is 6.81.